The van der Waals surface area contributed by atoms with Crippen molar-refractivity contribution in [3.63, 3.8) is 0 Å². The molecule has 0 amide bonds. The number of alkyl halides is 1. The summed E-state index contributed by atoms with van der Waals surface area (Å²) in [6.07, 6.45) is 0. The van der Waals surface area contributed by atoms with Crippen molar-refractivity contribution >= 4 is 26.0 Å². The van der Waals surface area contributed by atoms with Crippen LogP contribution in [0.25, 0.3) is 0 Å². The van der Waals surface area contributed by atoms with Gasteiger partial charge in [0.15, 0.2) is 0 Å². The largest absolute Gasteiger partial charge is 0.216 e. The molecule has 0 aromatic rings. The van der Waals surface area contributed by atoms with Gasteiger partial charge in [-0.2, -0.15) is 0 Å². The van der Waals surface area contributed by atoms with Gasteiger partial charge in [0, 0.05) is 11.4 Å². The monoisotopic (exact) mass is 285 g/mol. The minimum atomic E-state index is -3.22. The van der Waals surface area contributed by atoms with Crippen molar-refractivity contribution in [2.45, 2.75) is 45.4 Å². The fraction of sp³-hybridized carbons (Fsp3) is 1.00. The predicted molar refractivity (Wildman–Crippen MR) is 64.2 cm³/mol. The summed E-state index contributed by atoms with van der Waals surface area (Å²) in [6.45, 7) is 8.97. The first-order valence-electron chi connectivity index (χ1n) is 4.69. The van der Waals surface area contributed by atoms with Gasteiger partial charge in [0.2, 0.25) is 10.0 Å². The van der Waals surface area contributed by atoms with Crippen LogP contribution in [0.4, 0.5) is 0 Å². The van der Waals surface area contributed by atoms with Crippen LogP contribution in [0, 0.1) is 5.92 Å². The van der Waals surface area contributed by atoms with Crippen molar-refractivity contribution in [3.05, 3.63) is 0 Å². The van der Waals surface area contributed by atoms with Gasteiger partial charge in [-0.05, 0) is 33.6 Å². The summed E-state index contributed by atoms with van der Waals surface area (Å²) in [5, 5.41) is 0.792. The van der Waals surface area contributed by atoms with E-state index in [4.69, 9.17) is 0 Å². The Morgan fingerprint density at radius 2 is 1.71 bits per heavy atom. The maximum Gasteiger partial charge on any atom is 0.216 e. The highest BCUT2D eigenvalue weighted by Crippen LogP contribution is 2.16. The normalized spacial score (nSPS) is 17.9. The Morgan fingerprint density at radius 1 is 1.29 bits per heavy atom. The lowest BCUT2D eigenvalue weighted by Crippen LogP contribution is -2.46. The second kappa shape index (κ2) is 4.94. The van der Waals surface area contributed by atoms with Gasteiger partial charge in [0.25, 0.3) is 0 Å². The van der Waals surface area contributed by atoms with E-state index in [0.29, 0.717) is 0 Å². The molecule has 1 N–H and O–H groups in total. The zero-order chi connectivity index (χ0) is 11.6. The van der Waals surface area contributed by atoms with Gasteiger partial charge in [-0.15, -0.1) is 0 Å². The smallest absolute Gasteiger partial charge is 0.212 e. The molecule has 0 spiro atoms. The van der Waals surface area contributed by atoms with Crippen molar-refractivity contribution in [1.82, 2.24) is 4.72 Å². The Labute approximate surface area is 95.8 Å². The predicted octanol–water partition coefficient (Wildman–Crippen LogP) is 2.12. The third-order valence-electron chi connectivity index (χ3n) is 2.24. The van der Waals surface area contributed by atoms with Crippen LogP contribution in [0.2, 0.25) is 0 Å². The van der Waals surface area contributed by atoms with Gasteiger partial charge in [-0.1, -0.05) is 22.9 Å². The van der Waals surface area contributed by atoms with Crippen LogP contribution in [0.3, 0.4) is 0 Å². The summed E-state index contributed by atoms with van der Waals surface area (Å²) in [5.41, 5.74) is 0. The lowest BCUT2D eigenvalue weighted by atomic mass is 10.1. The van der Waals surface area contributed by atoms with Crippen LogP contribution < -0.4 is 4.72 Å². The molecule has 2 atom stereocenters. The highest BCUT2D eigenvalue weighted by atomic mass is 79.9. The molecule has 0 saturated heterocycles. The van der Waals surface area contributed by atoms with Crippen LogP contribution in [0.1, 0.15) is 34.6 Å². The Kier molecular flexibility index (Phi) is 5.08. The van der Waals surface area contributed by atoms with E-state index in [1.807, 2.05) is 13.8 Å². The lowest BCUT2D eigenvalue weighted by molar-refractivity contribution is 0.471. The summed E-state index contributed by atoms with van der Waals surface area (Å²) < 4.78 is 25.5. The molecule has 0 rings (SSSR count). The molecule has 0 aliphatic heterocycles. The number of halogens is 1. The van der Waals surface area contributed by atoms with Crippen molar-refractivity contribution in [2.75, 3.05) is 5.33 Å². The van der Waals surface area contributed by atoms with Gasteiger partial charge >= 0.3 is 0 Å². The van der Waals surface area contributed by atoms with Gasteiger partial charge in [-0.25, -0.2) is 13.1 Å². The summed E-state index contributed by atoms with van der Waals surface area (Å²) in [5.74, 6) is 0.284. The van der Waals surface area contributed by atoms with Gasteiger partial charge < -0.3 is 0 Å². The summed E-state index contributed by atoms with van der Waals surface area (Å²) >= 11 is 3.34. The molecular formula is C9H20BrNO2S. The lowest BCUT2D eigenvalue weighted by Gasteiger charge is -2.25. The first-order valence-corrected chi connectivity index (χ1v) is 7.30. The average molecular weight is 286 g/mol. The van der Waals surface area contributed by atoms with Gasteiger partial charge in [0.05, 0.1) is 4.75 Å². The maximum absolute atomic E-state index is 11.8. The zero-order valence-electron chi connectivity index (χ0n) is 9.46. The Balaban J connectivity index is 4.54. The second-order valence-corrected chi connectivity index (χ2v) is 7.77. The van der Waals surface area contributed by atoms with Crippen LogP contribution in [-0.2, 0) is 10.0 Å². The molecule has 3 nitrogen and oxygen atoms in total. The molecule has 0 heterocycles. The minimum Gasteiger partial charge on any atom is -0.212 e. The molecule has 0 saturated carbocycles. The fourth-order valence-electron chi connectivity index (χ4n) is 0.671. The highest BCUT2D eigenvalue weighted by molar-refractivity contribution is 9.09. The number of hydrogen-bond acceptors (Lipinski definition) is 2. The first-order chi connectivity index (χ1) is 6.12. The Hall–Kier alpha value is 0.390. The summed E-state index contributed by atoms with van der Waals surface area (Å²) in [6, 6.07) is -0.0430. The first kappa shape index (κ1) is 14.4. The maximum atomic E-state index is 11.8. The molecule has 0 bridgehead atoms. The average Bonchev–Trinajstić information content (AvgIpc) is 2.00. The van der Waals surface area contributed by atoms with Crippen LogP contribution in [-0.4, -0.2) is 24.5 Å². The van der Waals surface area contributed by atoms with E-state index < -0.39 is 14.8 Å². The molecule has 86 valence electrons. The molecular weight excluding hydrogens is 266 g/mol. The SMILES string of the molecule is CC(CBr)C(C)NS(=O)(=O)C(C)(C)C. The molecule has 2 unspecified atom stereocenters. The topological polar surface area (TPSA) is 46.2 Å². The molecule has 0 aromatic carbocycles. The third kappa shape index (κ3) is 3.87. The second-order valence-electron chi connectivity index (χ2n) is 4.65. The molecule has 0 radical (unpaired) electrons. The molecule has 0 fully saturated rings. The Bertz CT molecular complexity index is 269. The van der Waals surface area contributed by atoms with Crippen molar-refractivity contribution in [1.29, 1.82) is 0 Å². The van der Waals surface area contributed by atoms with E-state index in [2.05, 4.69) is 20.7 Å². The van der Waals surface area contributed by atoms with E-state index in [9.17, 15) is 8.42 Å². The van der Waals surface area contributed by atoms with E-state index in [-0.39, 0.29) is 12.0 Å². The highest BCUT2D eigenvalue weighted by Gasteiger charge is 2.31. The summed E-state index contributed by atoms with van der Waals surface area (Å²) in [4.78, 5) is 0. The Morgan fingerprint density at radius 3 is 2.00 bits per heavy atom. The molecule has 5 heteroatoms. The fourth-order valence-corrected chi connectivity index (χ4v) is 2.31. The number of rotatable bonds is 4. The van der Waals surface area contributed by atoms with E-state index in [0.717, 1.165) is 5.33 Å². The van der Waals surface area contributed by atoms with Crippen LogP contribution in [0.15, 0.2) is 0 Å². The van der Waals surface area contributed by atoms with E-state index in [1.54, 1.807) is 20.8 Å². The standard InChI is InChI=1S/C9H20BrNO2S/c1-7(6-10)8(2)11-14(12,13)9(3,4)5/h7-8,11H,6H2,1-5H3. The van der Waals surface area contributed by atoms with E-state index in [1.165, 1.54) is 0 Å². The summed E-state index contributed by atoms with van der Waals surface area (Å²) in [7, 11) is -3.22. The number of nitrogens with one attached hydrogen (secondary N) is 1. The third-order valence-corrected chi connectivity index (χ3v) is 5.56. The van der Waals surface area contributed by atoms with Crippen LogP contribution >= 0.6 is 15.9 Å². The van der Waals surface area contributed by atoms with Gasteiger partial charge in [0.1, 0.15) is 0 Å². The quantitative estimate of drug-likeness (QED) is 0.805. The zero-order valence-corrected chi connectivity index (χ0v) is 11.9. The van der Waals surface area contributed by atoms with E-state index >= 15 is 0 Å². The van der Waals surface area contributed by atoms with Crippen molar-refractivity contribution in [3.8, 4) is 0 Å². The number of hydrogen-bond donors (Lipinski definition) is 1. The van der Waals surface area contributed by atoms with Crippen LogP contribution in [0.5, 0.6) is 0 Å². The van der Waals surface area contributed by atoms with Gasteiger partial charge in [-0.3, -0.25) is 0 Å². The molecule has 0 aromatic heterocycles. The van der Waals surface area contributed by atoms with Crippen molar-refractivity contribution < 1.29 is 8.42 Å². The molecule has 0 aliphatic carbocycles. The molecule has 14 heavy (non-hydrogen) atoms. The molecule has 0 aliphatic rings. The van der Waals surface area contributed by atoms with Crippen molar-refractivity contribution in [2.24, 2.45) is 5.92 Å². The number of sulfonamides is 1. The minimum absolute atomic E-state index is 0.0430.